The molecule has 0 radical (unpaired) electrons. The molecular weight excluding hydrogens is 408 g/mol. The Bertz CT molecular complexity index is 910. The molecule has 1 aliphatic carbocycles. The first-order valence-electron chi connectivity index (χ1n) is 10.0. The van der Waals surface area contributed by atoms with E-state index in [4.69, 9.17) is 9.88 Å². The Hall–Kier alpha value is -2.19. The molecule has 3 N–H and O–H groups in total. The summed E-state index contributed by atoms with van der Waals surface area (Å²) in [7, 11) is 1.32. The number of ether oxygens (including phenoxy) is 1. The number of methoxy groups -OCH3 is 1. The number of nitrogens with one attached hydrogen (secondary N) is 1. The molecule has 1 fully saturated rings. The van der Waals surface area contributed by atoms with Crippen LogP contribution in [0.1, 0.15) is 44.6 Å². The van der Waals surface area contributed by atoms with Gasteiger partial charge in [0, 0.05) is 23.4 Å². The van der Waals surface area contributed by atoms with Crippen molar-refractivity contribution in [1.29, 1.82) is 0 Å². The van der Waals surface area contributed by atoms with Gasteiger partial charge in [-0.15, -0.1) is 0 Å². The zero-order valence-corrected chi connectivity index (χ0v) is 18.1. The number of benzene rings is 1. The van der Waals surface area contributed by atoms with Gasteiger partial charge in [-0.2, -0.15) is 4.39 Å². The largest absolute Gasteiger partial charge is 0.493 e. The molecule has 0 bridgehead atoms. The fraction of sp³-hybridized carbons (Fsp3) is 0.455. The van der Waals surface area contributed by atoms with Crippen molar-refractivity contribution in [3.05, 3.63) is 47.7 Å². The highest BCUT2D eigenvalue weighted by Gasteiger charge is 2.39. The second-order valence-electron chi connectivity index (χ2n) is 8.00. The number of carbonyl (C=O) groups excluding carboxylic acids is 1. The van der Waals surface area contributed by atoms with Gasteiger partial charge in [-0.05, 0) is 67.2 Å². The van der Waals surface area contributed by atoms with Crippen molar-refractivity contribution in [2.45, 2.75) is 44.1 Å². The van der Waals surface area contributed by atoms with E-state index in [2.05, 4.69) is 24.1 Å². The van der Waals surface area contributed by atoms with Crippen molar-refractivity contribution in [3.8, 4) is 5.75 Å². The first-order valence-corrected chi connectivity index (χ1v) is 10.9. The van der Waals surface area contributed by atoms with Crippen molar-refractivity contribution in [2.75, 3.05) is 12.4 Å². The maximum atomic E-state index is 14.4. The summed E-state index contributed by atoms with van der Waals surface area (Å²) < 4.78 is 33.3. The zero-order valence-electron chi connectivity index (χ0n) is 17.3. The van der Waals surface area contributed by atoms with Crippen LogP contribution in [0.4, 0.5) is 14.5 Å². The summed E-state index contributed by atoms with van der Waals surface area (Å²) in [5.41, 5.74) is 1.14. The third-order valence-corrected chi connectivity index (χ3v) is 6.44. The molecule has 1 heterocycles. The Kier molecular flexibility index (Phi) is 7.31. The highest BCUT2D eigenvalue weighted by Crippen LogP contribution is 2.46. The van der Waals surface area contributed by atoms with Gasteiger partial charge in [-0.3, -0.25) is 9.93 Å². The van der Waals surface area contributed by atoms with Crippen LogP contribution >= 0.6 is 11.9 Å². The molecule has 1 saturated carbocycles. The Balaban J connectivity index is 1.93. The first-order chi connectivity index (χ1) is 14.3. The summed E-state index contributed by atoms with van der Waals surface area (Å²) in [6, 6.07) is 6.05. The van der Waals surface area contributed by atoms with Gasteiger partial charge in [-0.1, -0.05) is 19.9 Å². The van der Waals surface area contributed by atoms with Gasteiger partial charge < -0.3 is 10.1 Å². The maximum absolute atomic E-state index is 14.4. The number of anilines is 1. The van der Waals surface area contributed by atoms with Crippen LogP contribution in [0.25, 0.3) is 0 Å². The number of carbonyl (C=O) groups is 1. The van der Waals surface area contributed by atoms with Crippen molar-refractivity contribution in [3.63, 3.8) is 0 Å². The molecule has 2 unspecified atom stereocenters. The van der Waals surface area contributed by atoms with Crippen LogP contribution in [0.15, 0.2) is 35.5 Å². The van der Waals surface area contributed by atoms with Crippen LogP contribution < -0.4 is 15.2 Å². The Morgan fingerprint density at radius 1 is 1.30 bits per heavy atom. The summed E-state index contributed by atoms with van der Waals surface area (Å²) >= 11 is 0.999. The third kappa shape index (κ3) is 4.75. The highest BCUT2D eigenvalue weighted by molar-refractivity contribution is 7.97. The number of aromatic nitrogens is 1. The number of hydrogen-bond acceptors (Lipinski definition) is 5. The van der Waals surface area contributed by atoms with Crippen LogP contribution in [0.2, 0.25) is 0 Å². The van der Waals surface area contributed by atoms with Gasteiger partial charge in [-0.25, -0.2) is 9.37 Å². The van der Waals surface area contributed by atoms with Gasteiger partial charge in [0.15, 0.2) is 11.6 Å². The second kappa shape index (κ2) is 9.75. The van der Waals surface area contributed by atoms with Crippen LogP contribution in [0, 0.1) is 29.4 Å². The number of rotatable bonds is 6. The van der Waals surface area contributed by atoms with E-state index in [0.717, 1.165) is 24.4 Å². The van der Waals surface area contributed by atoms with Gasteiger partial charge in [0.25, 0.3) is 0 Å². The molecule has 0 spiro atoms. The average molecular weight is 436 g/mol. The van der Waals surface area contributed by atoms with Gasteiger partial charge in [0.1, 0.15) is 5.03 Å². The minimum atomic E-state index is -1.01. The molecule has 2 aromatic rings. The summed E-state index contributed by atoms with van der Waals surface area (Å²) in [6.07, 6.45) is 3.86. The molecule has 1 aliphatic rings. The molecular formula is C22H27F2N3O2S. The molecule has 1 amide bonds. The van der Waals surface area contributed by atoms with Crippen molar-refractivity contribution in [1.82, 2.24) is 4.98 Å². The third-order valence-electron chi connectivity index (χ3n) is 5.98. The summed E-state index contributed by atoms with van der Waals surface area (Å²) in [6.45, 7) is 4.29. The van der Waals surface area contributed by atoms with Gasteiger partial charge >= 0.3 is 0 Å². The second-order valence-corrected chi connectivity index (χ2v) is 8.66. The zero-order chi connectivity index (χ0) is 21.8. The van der Waals surface area contributed by atoms with E-state index < -0.39 is 17.6 Å². The topological polar surface area (TPSA) is 77.2 Å². The van der Waals surface area contributed by atoms with Gasteiger partial charge in [0.2, 0.25) is 11.7 Å². The predicted molar refractivity (Wildman–Crippen MR) is 114 cm³/mol. The lowest BCUT2D eigenvalue weighted by Gasteiger charge is -2.37. The number of nitrogens with two attached hydrogens (primary N) is 1. The van der Waals surface area contributed by atoms with E-state index in [1.54, 1.807) is 18.3 Å². The fourth-order valence-electron chi connectivity index (χ4n) is 4.30. The maximum Gasteiger partial charge on any atom is 0.228 e. The molecule has 3 rings (SSSR count). The normalized spacial score (nSPS) is 21.5. The fourth-order valence-corrected chi connectivity index (χ4v) is 4.62. The Labute approximate surface area is 179 Å². The number of hydrogen-bond donors (Lipinski definition) is 2. The number of amides is 1. The molecule has 1 aromatic heterocycles. The van der Waals surface area contributed by atoms with Crippen molar-refractivity contribution >= 4 is 23.5 Å². The smallest absolute Gasteiger partial charge is 0.228 e. The molecule has 1 aromatic carbocycles. The van der Waals surface area contributed by atoms with Crippen LogP contribution in [-0.4, -0.2) is 18.0 Å². The molecule has 5 nitrogen and oxygen atoms in total. The lowest BCUT2D eigenvalue weighted by atomic mass is 9.68. The van der Waals surface area contributed by atoms with Crippen molar-refractivity contribution < 1.29 is 18.3 Å². The lowest BCUT2D eigenvalue weighted by Crippen LogP contribution is -2.35. The van der Waals surface area contributed by atoms with Crippen LogP contribution in [0.3, 0.4) is 0 Å². The minimum absolute atomic E-state index is 0.119. The number of nitrogens with zero attached hydrogens (tertiary/aromatic N) is 1. The SMILES string of the molecule is COc1c([C@@H]2CCC(C(C)C)CC2C(=O)Nc2ccnc(SN)c2)ccc(F)c1F. The summed E-state index contributed by atoms with van der Waals surface area (Å²) in [5, 5.41) is 9.11. The quantitative estimate of drug-likeness (QED) is 0.615. The highest BCUT2D eigenvalue weighted by atomic mass is 32.2. The monoisotopic (exact) mass is 435 g/mol. The standard InChI is InChI=1S/C22H27F2N3O2S/c1-12(2)13-4-5-15(16-6-7-18(23)20(24)21(16)29-3)17(10-13)22(28)27-14-8-9-26-19(11-14)30-25/h6-9,11-13,15,17H,4-5,10,25H2,1-3H3,(H,26,27,28)/t13?,15-,17?/m0/s1. The number of halogens is 2. The van der Waals surface area contributed by atoms with Gasteiger partial charge in [0.05, 0.1) is 7.11 Å². The van der Waals surface area contributed by atoms with Crippen LogP contribution in [-0.2, 0) is 4.79 Å². The lowest BCUT2D eigenvalue weighted by molar-refractivity contribution is -0.122. The van der Waals surface area contributed by atoms with Crippen molar-refractivity contribution in [2.24, 2.45) is 22.9 Å². The van der Waals surface area contributed by atoms with E-state index >= 15 is 0 Å². The minimum Gasteiger partial charge on any atom is -0.493 e. The summed E-state index contributed by atoms with van der Waals surface area (Å²) in [5.74, 6) is -2.12. The summed E-state index contributed by atoms with van der Waals surface area (Å²) in [4.78, 5) is 17.4. The molecule has 0 saturated heterocycles. The van der Waals surface area contributed by atoms with E-state index in [1.807, 2.05) is 0 Å². The van der Waals surface area contributed by atoms with E-state index in [-0.39, 0.29) is 17.6 Å². The average Bonchev–Trinajstić information content (AvgIpc) is 2.75. The predicted octanol–water partition coefficient (Wildman–Crippen LogP) is 5.13. The molecule has 8 heteroatoms. The first kappa shape index (κ1) is 22.5. The van der Waals surface area contributed by atoms with E-state index in [1.165, 1.54) is 13.2 Å². The Morgan fingerprint density at radius 2 is 2.07 bits per heavy atom. The van der Waals surface area contributed by atoms with E-state index in [9.17, 15) is 13.6 Å². The van der Waals surface area contributed by atoms with Crippen LogP contribution in [0.5, 0.6) is 5.75 Å². The molecule has 162 valence electrons. The van der Waals surface area contributed by atoms with E-state index in [0.29, 0.717) is 41.0 Å². The number of pyridine rings is 1. The molecule has 30 heavy (non-hydrogen) atoms. The Morgan fingerprint density at radius 3 is 2.73 bits per heavy atom. The molecule has 0 aliphatic heterocycles. The molecule has 3 atom stereocenters.